The number of nitrogens with zero attached hydrogens (tertiary/aromatic N) is 5. The molecule has 0 bridgehead atoms. The Bertz CT molecular complexity index is 1520. The fraction of sp³-hybridized carbons (Fsp3) is 0.0909. The van der Waals surface area contributed by atoms with Gasteiger partial charge in [0.15, 0.2) is 0 Å². The van der Waals surface area contributed by atoms with Crippen molar-refractivity contribution in [2.45, 2.75) is 12.9 Å². The summed E-state index contributed by atoms with van der Waals surface area (Å²) in [5.41, 5.74) is 1.89. The number of benzene rings is 2. The van der Waals surface area contributed by atoms with Crippen LogP contribution in [0.3, 0.4) is 0 Å². The van der Waals surface area contributed by atoms with Crippen LogP contribution in [-0.2, 0) is 6.54 Å². The molecule has 0 radical (unpaired) electrons. The van der Waals surface area contributed by atoms with Crippen LogP contribution in [0.4, 0.5) is 13.2 Å². The van der Waals surface area contributed by atoms with Gasteiger partial charge in [-0.25, -0.2) is 4.52 Å². The molecule has 8 nitrogen and oxygen atoms in total. The molecule has 172 valence electrons. The number of alkyl halides is 3. The second-order valence-corrected chi connectivity index (χ2v) is 7.62. The van der Waals surface area contributed by atoms with Gasteiger partial charge in [0, 0.05) is 28.5 Å². The molecule has 3 heterocycles. The van der Waals surface area contributed by atoms with Crippen LogP contribution >= 0.6 is 11.6 Å². The highest BCUT2D eigenvalue weighted by Crippen LogP contribution is 2.25. The normalized spacial score (nSPS) is 11.8. The first kappa shape index (κ1) is 21.7. The van der Waals surface area contributed by atoms with Gasteiger partial charge in [0.1, 0.15) is 17.8 Å². The van der Waals surface area contributed by atoms with Crippen molar-refractivity contribution in [1.82, 2.24) is 24.3 Å². The molecule has 0 saturated carbocycles. The molecule has 5 rings (SSSR count). The SMILES string of the molecule is O=c1c2cc(-c3ccc(Cl)cc3)nn2ccn1Cc1nc(-c2ccc(OC(F)(F)F)cc2)no1. The van der Waals surface area contributed by atoms with Gasteiger partial charge in [-0.3, -0.25) is 4.79 Å². The molecule has 34 heavy (non-hydrogen) atoms. The molecule has 0 aliphatic heterocycles. The summed E-state index contributed by atoms with van der Waals surface area (Å²) in [6.07, 6.45) is -1.60. The molecular weight excluding hydrogens is 475 g/mol. The van der Waals surface area contributed by atoms with Crippen molar-refractivity contribution in [3.63, 3.8) is 0 Å². The van der Waals surface area contributed by atoms with E-state index in [1.54, 1.807) is 30.6 Å². The maximum atomic E-state index is 12.9. The number of hydrogen-bond donors (Lipinski definition) is 0. The van der Waals surface area contributed by atoms with Crippen molar-refractivity contribution in [1.29, 1.82) is 0 Å². The number of rotatable bonds is 5. The van der Waals surface area contributed by atoms with E-state index in [4.69, 9.17) is 16.1 Å². The Kier molecular flexibility index (Phi) is 5.33. The Hall–Kier alpha value is -4.12. The van der Waals surface area contributed by atoms with Crippen LogP contribution in [0.2, 0.25) is 5.02 Å². The Morgan fingerprint density at radius 3 is 2.41 bits per heavy atom. The minimum absolute atomic E-state index is 0.000933. The van der Waals surface area contributed by atoms with Crippen LogP contribution in [-0.4, -0.2) is 30.7 Å². The summed E-state index contributed by atoms with van der Waals surface area (Å²) in [5, 5.41) is 8.86. The van der Waals surface area contributed by atoms with Crippen LogP contribution in [0.15, 0.2) is 76.3 Å². The van der Waals surface area contributed by atoms with Crippen LogP contribution in [0.5, 0.6) is 5.75 Å². The van der Waals surface area contributed by atoms with Gasteiger partial charge in [-0.05, 0) is 42.5 Å². The summed E-state index contributed by atoms with van der Waals surface area (Å²) in [7, 11) is 0. The summed E-state index contributed by atoms with van der Waals surface area (Å²) in [6, 6.07) is 13.8. The molecule has 12 heteroatoms. The van der Waals surface area contributed by atoms with Crippen LogP contribution < -0.4 is 10.3 Å². The lowest BCUT2D eigenvalue weighted by Gasteiger charge is -2.08. The average molecular weight is 488 g/mol. The van der Waals surface area contributed by atoms with E-state index in [0.29, 0.717) is 21.8 Å². The lowest BCUT2D eigenvalue weighted by atomic mass is 10.1. The van der Waals surface area contributed by atoms with Crippen molar-refractivity contribution in [3.05, 3.63) is 88.3 Å². The number of halogens is 4. The van der Waals surface area contributed by atoms with Crippen molar-refractivity contribution in [3.8, 4) is 28.4 Å². The first-order valence-electron chi connectivity index (χ1n) is 9.79. The zero-order chi connectivity index (χ0) is 23.9. The van der Waals surface area contributed by atoms with Crippen molar-refractivity contribution >= 4 is 17.1 Å². The fourth-order valence-corrected chi connectivity index (χ4v) is 3.43. The number of ether oxygens (including phenoxy) is 1. The highest BCUT2D eigenvalue weighted by atomic mass is 35.5. The van der Waals surface area contributed by atoms with Gasteiger partial charge < -0.3 is 13.8 Å². The van der Waals surface area contributed by atoms with E-state index in [1.807, 2.05) is 12.1 Å². The number of aromatic nitrogens is 5. The lowest BCUT2D eigenvalue weighted by Crippen LogP contribution is -2.21. The fourth-order valence-electron chi connectivity index (χ4n) is 3.30. The molecule has 0 amide bonds. The van der Waals surface area contributed by atoms with E-state index >= 15 is 0 Å². The molecule has 0 aliphatic carbocycles. The van der Waals surface area contributed by atoms with E-state index in [2.05, 4.69) is 20.0 Å². The molecule has 0 aliphatic rings. The van der Waals surface area contributed by atoms with Gasteiger partial charge in [0.25, 0.3) is 5.56 Å². The molecule has 5 aromatic rings. The summed E-state index contributed by atoms with van der Waals surface area (Å²) in [6.45, 7) is -0.000933. The van der Waals surface area contributed by atoms with Gasteiger partial charge >= 0.3 is 6.36 Å². The van der Waals surface area contributed by atoms with E-state index in [-0.39, 0.29) is 29.6 Å². The van der Waals surface area contributed by atoms with Crippen molar-refractivity contribution in [2.24, 2.45) is 0 Å². The quantitative estimate of drug-likeness (QED) is 0.353. The molecule has 0 unspecified atom stereocenters. The molecular formula is C22H13ClF3N5O3. The molecule has 2 aromatic carbocycles. The highest BCUT2D eigenvalue weighted by Gasteiger charge is 2.31. The largest absolute Gasteiger partial charge is 0.573 e. The molecule has 0 spiro atoms. The monoisotopic (exact) mass is 487 g/mol. The Morgan fingerprint density at radius 2 is 1.71 bits per heavy atom. The summed E-state index contributed by atoms with van der Waals surface area (Å²) in [4.78, 5) is 17.2. The maximum absolute atomic E-state index is 12.9. The molecule has 0 saturated heterocycles. The Morgan fingerprint density at radius 1 is 1.00 bits per heavy atom. The van der Waals surface area contributed by atoms with Crippen LogP contribution in [0.1, 0.15) is 5.89 Å². The second kappa shape index (κ2) is 8.34. The smallest absolute Gasteiger partial charge is 0.406 e. The van der Waals surface area contributed by atoms with E-state index in [9.17, 15) is 18.0 Å². The molecule has 0 fully saturated rings. The highest BCUT2D eigenvalue weighted by molar-refractivity contribution is 6.30. The molecule has 0 atom stereocenters. The van der Waals surface area contributed by atoms with E-state index < -0.39 is 6.36 Å². The Balaban J connectivity index is 1.37. The van der Waals surface area contributed by atoms with Gasteiger partial charge in [-0.15, -0.1) is 13.2 Å². The first-order valence-corrected chi connectivity index (χ1v) is 10.2. The zero-order valence-corrected chi connectivity index (χ0v) is 17.8. The van der Waals surface area contributed by atoms with Crippen LogP contribution in [0, 0.1) is 0 Å². The van der Waals surface area contributed by atoms with Gasteiger partial charge in [0.2, 0.25) is 11.7 Å². The maximum Gasteiger partial charge on any atom is 0.573 e. The minimum Gasteiger partial charge on any atom is -0.406 e. The number of hydrogen-bond acceptors (Lipinski definition) is 6. The first-order chi connectivity index (χ1) is 16.2. The van der Waals surface area contributed by atoms with E-state index in [1.165, 1.54) is 21.2 Å². The third-order valence-electron chi connectivity index (χ3n) is 4.86. The average Bonchev–Trinajstić information content (AvgIpc) is 3.43. The zero-order valence-electron chi connectivity index (χ0n) is 17.0. The molecule has 0 N–H and O–H groups in total. The van der Waals surface area contributed by atoms with Gasteiger partial charge in [-0.2, -0.15) is 10.1 Å². The Labute approximate surface area is 193 Å². The summed E-state index contributed by atoms with van der Waals surface area (Å²) in [5.74, 6) is -0.0508. The number of fused-ring (bicyclic) bond motifs is 1. The standard InChI is InChI=1S/C22H13ClF3N5O3/c23-15-5-1-13(2-6-15)17-11-18-21(32)30(9-10-31(18)28-17)12-19-27-20(29-34-19)14-3-7-16(8-4-14)33-22(24,25)26/h1-11H,12H2. The van der Waals surface area contributed by atoms with Gasteiger partial charge in [0.05, 0.1) is 5.69 Å². The predicted octanol–water partition coefficient (Wildman–Crippen LogP) is 4.81. The van der Waals surface area contributed by atoms with E-state index in [0.717, 1.165) is 17.7 Å². The van der Waals surface area contributed by atoms with Gasteiger partial charge in [-0.1, -0.05) is 28.9 Å². The third kappa shape index (κ3) is 4.50. The van der Waals surface area contributed by atoms with Crippen molar-refractivity contribution in [2.75, 3.05) is 0 Å². The topological polar surface area (TPSA) is 87.5 Å². The minimum atomic E-state index is -4.78. The lowest BCUT2D eigenvalue weighted by molar-refractivity contribution is -0.274. The van der Waals surface area contributed by atoms with Crippen molar-refractivity contribution < 1.29 is 22.4 Å². The van der Waals surface area contributed by atoms with Crippen LogP contribution in [0.25, 0.3) is 28.2 Å². The summed E-state index contributed by atoms with van der Waals surface area (Å²) >= 11 is 5.93. The molecule has 3 aromatic heterocycles. The predicted molar refractivity (Wildman–Crippen MR) is 115 cm³/mol. The second-order valence-electron chi connectivity index (χ2n) is 7.18. The summed E-state index contributed by atoms with van der Waals surface area (Å²) < 4.78 is 48.9. The third-order valence-corrected chi connectivity index (χ3v) is 5.12.